The Morgan fingerprint density at radius 2 is 2.70 bits per heavy atom. The van der Waals surface area contributed by atoms with Crippen molar-refractivity contribution >= 4 is 11.9 Å². The molecule has 1 unspecified atom stereocenters. The van der Waals surface area contributed by atoms with Crippen molar-refractivity contribution in [2.75, 3.05) is 0 Å². The van der Waals surface area contributed by atoms with E-state index in [0.29, 0.717) is 0 Å². The molecule has 2 aliphatic rings. The lowest BCUT2D eigenvalue weighted by atomic mass is 9.97. The first-order valence-electron chi connectivity index (χ1n) is 3.48. The van der Waals surface area contributed by atoms with Crippen LogP contribution in [0.4, 0.5) is 0 Å². The molecule has 1 aliphatic carbocycles. The van der Waals surface area contributed by atoms with Crippen LogP contribution in [0, 0.1) is 12.5 Å². The third-order valence-corrected chi connectivity index (χ3v) is 2.76. The molecule has 0 aromatic rings. The van der Waals surface area contributed by atoms with Crippen LogP contribution in [0.25, 0.3) is 0 Å². The summed E-state index contributed by atoms with van der Waals surface area (Å²) in [4.78, 5) is 1.46. The van der Waals surface area contributed by atoms with Gasteiger partial charge in [-0.15, -0.1) is 0 Å². The summed E-state index contributed by atoms with van der Waals surface area (Å²) in [6, 6.07) is 0. The number of hydrogen-bond donors (Lipinski definition) is 1. The summed E-state index contributed by atoms with van der Waals surface area (Å²) in [6.07, 6.45) is 8.79. The number of hydrogen-bond acceptors (Lipinski definition) is 2. The molecule has 0 amide bonds. The van der Waals surface area contributed by atoms with Crippen molar-refractivity contribution in [3.05, 3.63) is 29.7 Å². The van der Waals surface area contributed by atoms with Crippen LogP contribution in [0.1, 0.15) is 12.8 Å². The fourth-order valence-corrected chi connectivity index (χ4v) is 1.99. The summed E-state index contributed by atoms with van der Waals surface area (Å²) >= 11 is 1.70. The van der Waals surface area contributed by atoms with E-state index >= 15 is 0 Å². The van der Waals surface area contributed by atoms with Crippen LogP contribution in [-0.4, -0.2) is 0 Å². The highest BCUT2D eigenvalue weighted by molar-refractivity contribution is 8.01. The number of fused-ring (bicyclic) bond motifs is 1. The van der Waals surface area contributed by atoms with E-state index in [1.54, 1.807) is 11.9 Å². The minimum atomic E-state index is 0.719. The maximum absolute atomic E-state index is 3.12. The van der Waals surface area contributed by atoms with E-state index in [1.807, 2.05) is 0 Å². The van der Waals surface area contributed by atoms with Crippen molar-refractivity contribution < 1.29 is 0 Å². The Morgan fingerprint density at radius 3 is 3.60 bits per heavy atom. The van der Waals surface area contributed by atoms with E-state index in [9.17, 15) is 0 Å². The number of nitrogens with one attached hydrogen (secondary N) is 1. The zero-order chi connectivity index (χ0) is 6.81. The second-order valence-electron chi connectivity index (χ2n) is 2.51. The first kappa shape index (κ1) is 6.50. The van der Waals surface area contributed by atoms with Crippen LogP contribution in [0.2, 0.25) is 0 Å². The lowest BCUT2D eigenvalue weighted by Crippen LogP contribution is -2.16. The Morgan fingerprint density at radius 1 is 1.70 bits per heavy atom. The summed E-state index contributed by atoms with van der Waals surface area (Å²) in [5, 5.41) is 0. The van der Waals surface area contributed by atoms with Crippen LogP contribution in [0.3, 0.4) is 0 Å². The molecule has 0 spiro atoms. The molecule has 2 radical (unpaired) electrons. The zero-order valence-corrected chi connectivity index (χ0v) is 6.45. The van der Waals surface area contributed by atoms with Gasteiger partial charge < -0.3 is 0 Å². The molecule has 2 rings (SSSR count). The van der Waals surface area contributed by atoms with Gasteiger partial charge in [0.25, 0.3) is 0 Å². The Bertz CT molecular complexity index is 184. The van der Waals surface area contributed by atoms with E-state index in [2.05, 4.69) is 29.5 Å². The molecule has 52 valence electrons. The number of rotatable bonds is 0. The molecule has 0 aromatic carbocycles. The van der Waals surface area contributed by atoms with Gasteiger partial charge in [0.15, 0.2) is 0 Å². The molecule has 0 saturated carbocycles. The molecule has 10 heavy (non-hydrogen) atoms. The van der Waals surface area contributed by atoms with Gasteiger partial charge in [0.2, 0.25) is 0 Å². The van der Waals surface area contributed by atoms with Gasteiger partial charge in [-0.05, 0) is 30.7 Å². The number of allylic oxidation sites excluding steroid dienone is 4. The molecular formula is C8H9NS. The second-order valence-corrected chi connectivity index (χ2v) is 3.39. The SMILES string of the molecule is [C]1CC2CC=CC=C2SN1. The van der Waals surface area contributed by atoms with Gasteiger partial charge in [-0.1, -0.05) is 18.2 Å². The average Bonchev–Trinajstić information content (AvgIpc) is 2.05. The molecule has 1 heterocycles. The van der Waals surface area contributed by atoms with E-state index in [1.165, 1.54) is 11.3 Å². The third-order valence-electron chi connectivity index (χ3n) is 1.81. The van der Waals surface area contributed by atoms with Crippen LogP contribution in [-0.2, 0) is 0 Å². The molecule has 2 heteroatoms. The van der Waals surface area contributed by atoms with Gasteiger partial charge in [0, 0.05) is 4.91 Å². The highest BCUT2D eigenvalue weighted by Crippen LogP contribution is 2.34. The Kier molecular flexibility index (Phi) is 1.82. The average molecular weight is 151 g/mol. The maximum atomic E-state index is 3.12. The van der Waals surface area contributed by atoms with Crippen LogP contribution in [0.5, 0.6) is 0 Å². The monoisotopic (exact) mass is 151 g/mol. The van der Waals surface area contributed by atoms with Crippen molar-refractivity contribution in [3.63, 3.8) is 0 Å². The topological polar surface area (TPSA) is 12.0 Å². The minimum Gasteiger partial charge on any atom is -0.250 e. The lowest BCUT2D eigenvalue weighted by Gasteiger charge is -2.24. The third kappa shape index (κ3) is 1.13. The summed E-state index contributed by atoms with van der Waals surface area (Å²) in [7, 11) is 0. The fraction of sp³-hybridized carbons (Fsp3) is 0.375. The highest BCUT2D eigenvalue weighted by atomic mass is 32.2. The minimum absolute atomic E-state index is 0.719. The van der Waals surface area contributed by atoms with Crippen molar-refractivity contribution in [2.24, 2.45) is 5.92 Å². The van der Waals surface area contributed by atoms with E-state index in [-0.39, 0.29) is 0 Å². The second kappa shape index (κ2) is 2.81. The van der Waals surface area contributed by atoms with Crippen LogP contribution >= 0.6 is 11.9 Å². The molecular weight excluding hydrogens is 142 g/mol. The van der Waals surface area contributed by atoms with E-state index < -0.39 is 0 Å². The van der Waals surface area contributed by atoms with E-state index in [4.69, 9.17) is 0 Å². The van der Waals surface area contributed by atoms with E-state index in [0.717, 1.165) is 12.3 Å². The summed E-state index contributed by atoms with van der Waals surface area (Å²) in [5.41, 5.74) is 0. The quantitative estimate of drug-likeness (QED) is 0.532. The van der Waals surface area contributed by atoms with Crippen molar-refractivity contribution in [1.82, 2.24) is 4.72 Å². The predicted molar refractivity (Wildman–Crippen MR) is 43.9 cm³/mol. The lowest BCUT2D eigenvalue weighted by molar-refractivity contribution is 0.612. The first-order valence-corrected chi connectivity index (χ1v) is 4.30. The van der Waals surface area contributed by atoms with Gasteiger partial charge >= 0.3 is 0 Å². The zero-order valence-electron chi connectivity index (χ0n) is 5.63. The van der Waals surface area contributed by atoms with Gasteiger partial charge in [-0.3, -0.25) is 4.72 Å². The summed E-state index contributed by atoms with van der Waals surface area (Å²) < 4.78 is 3.05. The summed E-state index contributed by atoms with van der Waals surface area (Å²) in [5.74, 6) is 0.719. The predicted octanol–water partition coefficient (Wildman–Crippen LogP) is 2.13. The smallest absolute Gasteiger partial charge is 0.0710 e. The molecule has 0 bridgehead atoms. The Hall–Kier alpha value is -0.210. The molecule has 1 atom stereocenters. The molecule has 1 nitrogen and oxygen atoms in total. The summed E-state index contributed by atoms with van der Waals surface area (Å²) in [6.45, 7) is 3.12. The van der Waals surface area contributed by atoms with Gasteiger partial charge in [-0.25, -0.2) is 0 Å². The molecule has 1 fully saturated rings. The fourth-order valence-electron chi connectivity index (χ4n) is 1.22. The molecule has 1 N–H and O–H groups in total. The van der Waals surface area contributed by atoms with Gasteiger partial charge in [-0.2, -0.15) is 0 Å². The Balaban J connectivity index is 2.14. The highest BCUT2D eigenvalue weighted by Gasteiger charge is 2.19. The maximum Gasteiger partial charge on any atom is 0.0710 e. The van der Waals surface area contributed by atoms with Crippen molar-refractivity contribution in [3.8, 4) is 0 Å². The molecule has 0 aromatic heterocycles. The largest absolute Gasteiger partial charge is 0.250 e. The molecule has 1 saturated heterocycles. The van der Waals surface area contributed by atoms with Gasteiger partial charge in [0.1, 0.15) is 0 Å². The standard InChI is InChI=1S/C8H9NS/c1-2-4-8-7(3-1)5-6-9-10-8/h1-2,4,7,9H,3,5H2. The van der Waals surface area contributed by atoms with Crippen molar-refractivity contribution in [2.45, 2.75) is 12.8 Å². The van der Waals surface area contributed by atoms with Crippen LogP contribution < -0.4 is 4.72 Å². The van der Waals surface area contributed by atoms with Crippen molar-refractivity contribution in [1.29, 1.82) is 0 Å². The normalized spacial score (nSPS) is 31.2. The molecule has 1 aliphatic heterocycles. The van der Waals surface area contributed by atoms with Crippen LogP contribution in [0.15, 0.2) is 23.1 Å². The first-order chi connectivity index (χ1) is 4.97. The van der Waals surface area contributed by atoms with Gasteiger partial charge in [0.05, 0.1) is 6.54 Å². The Labute approximate surface area is 65.7 Å².